The van der Waals surface area contributed by atoms with Gasteiger partial charge in [0.1, 0.15) is 0 Å². The Morgan fingerprint density at radius 1 is 1.67 bits per heavy atom. The molecule has 1 N–H and O–H groups in total. The van der Waals surface area contributed by atoms with E-state index < -0.39 is 11.7 Å². The van der Waals surface area contributed by atoms with Crippen molar-refractivity contribution in [3.05, 3.63) is 0 Å². The van der Waals surface area contributed by atoms with Crippen molar-refractivity contribution in [2.24, 2.45) is 0 Å². The highest BCUT2D eigenvalue weighted by atomic mass is 35.5. The average molecular weight is 162 g/mol. The Hall–Kier alpha value is 0.0400. The summed E-state index contributed by atoms with van der Waals surface area (Å²) < 4.78 is 35.5. The first-order chi connectivity index (χ1) is 4.00. The first-order valence-electron chi connectivity index (χ1n) is 2.41. The Bertz CT molecular complexity index is 85.9. The fourth-order valence-corrected chi connectivity index (χ4v) is 0.390. The molecule has 0 rings (SSSR count). The number of hydrogen-bond donors (Lipinski definition) is 1. The molecule has 1 atom stereocenters. The number of nitrogens with one attached hydrogen (secondary N) is 1. The highest BCUT2D eigenvalue weighted by Gasteiger charge is 2.37. The summed E-state index contributed by atoms with van der Waals surface area (Å²) in [7, 11) is 0. The maximum Gasteiger partial charge on any atom is 0.347 e. The van der Waals surface area contributed by atoms with Crippen molar-refractivity contribution < 1.29 is 13.2 Å². The van der Waals surface area contributed by atoms with E-state index in [0.29, 0.717) is 0 Å². The molecule has 0 aromatic rings. The molecule has 0 radical (unpaired) electrons. The van der Waals surface area contributed by atoms with Crippen LogP contribution in [0.1, 0.15) is 6.92 Å². The average Bonchev–Trinajstić information content (AvgIpc) is 1.65. The van der Waals surface area contributed by atoms with Gasteiger partial charge in [0.2, 0.25) is 0 Å². The van der Waals surface area contributed by atoms with Crippen LogP contribution in [0.3, 0.4) is 0 Å². The Morgan fingerprint density at radius 2 is 2.11 bits per heavy atom. The molecule has 56 valence electrons. The Labute approximate surface area is 56.2 Å². The van der Waals surface area contributed by atoms with E-state index in [1.165, 1.54) is 6.92 Å². The SMILES string of the molecule is CCNC(F)(F)C(F)Cl. The molecule has 0 amide bonds. The quantitative estimate of drug-likeness (QED) is 0.491. The summed E-state index contributed by atoms with van der Waals surface area (Å²) in [6.07, 6.45) is 0. The minimum atomic E-state index is -3.60. The third kappa shape index (κ3) is 2.91. The first kappa shape index (κ1) is 9.04. The molecule has 5 heteroatoms. The second-order valence-corrected chi connectivity index (χ2v) is 1.84. The minimum absolute atomic E-state index is 0.0137. The third-order valence-electron chi connectivity index (χ3n) is 0.687. The third-order valence-corrected chi connectivity index (χ3v) is 0.961. The molecule has 0 aliphatic heterocycles. The number of halogens is 4. The number of rotatable bonds is 3. The summed E-state index contributed by atoms with van der Waals surface area (Å²) in [5, 5.41) is 1.58. The van der Waals surface area contributed by atoms with Gasteiger partial charge in [0.25, 0.3) is 5.63 Å². The number of alkyl halides is 4. The maximum absolute atomic E-state index is 11.9. The normalized spacial score (nSPS) is 15.7. The summed E-state index contributed by atoms with van der Waals surface area (Å²) in [5.41, 5.74) is -2.66. The van der Waals surface area contributed by atoms with Crippen LogP contribution in [0.15, 0.2) is 0 Å². The van der Waals surface area contributed by atoms with Gasteiger partial charge in [-0.3, -0.25) is 5.32 Å². The van der Waals surface area contributed by atoms with Crippen LogP contribution in [0.4, 0.5) is 13.2 Å². The van der Waals surface area contributed by atoms with E-state index in [1.807, 2.05) is 0 Å². The van der Waals surface area contributed by atoms with Gasteiger partial charge < -0.3 is 0 Å². The van der Waals surface area contributed by atoms with Crippen molar-refractivity contribution in [2.75, 3.05) is 6.54 Å². The number of hydrogen-bond acceptors (Lipinski definition) is 1. The van der Waals surface area contributed by atoms with Crippen LogP contribution in [0.5, 0.6) is 0 Å². The summed E-state index contributed by atoms with van der Waals surface area (Å²) in [6, 6.07) is -3.60. The van der Waals surface area contributed by atoms with Crippen LogP contribution < -0.4 is 5.32 Å². The van der Waals surface area contributed by atoms with Crippen molar-refractivity contribution in [3.8, 4) is 0 Å². The predicted molar refractivity (Wildman–Crippen MR) is 29.4 cm³/mol. The van der Waals surface area contributed by atoms with Crippen LogP contribution in [0, 0.1) is 0 Å². The largest absolute Gasteiger partial charge is 0.347 e. The van der Waals surface area contributed by atoms with Crippen LogP contribution in [-0.2, 0) is 0 Å². The van der Waals surface area contributed by atoms with Gasteiger partial charge in [0.05, 0.1) is 0 Å². The lowest BCUT2D eigenvalue weighted by molar-refractivity contribution is -0.0697. The highest BCUT2D eigenvalue weighted by Crippen LogP contribution is 2.20. The van der Waals surface area contributed by atoms with Gasteiger partial charge in [0, 0.05) is 0 Å². The van der Waals surface area contributed by atoms with E-state index in [-0.39, 0.29) is 6.54 Å². The van der Waals surface area contributed by atoms with Crippen molar-refractivity contribution in [1.29, 1.82) is 0 Å². The van der Waals surface area contributed by atoms with Gasteiger partial charge >= 0.3 is 6.05 Å². The molecule has 0 aromatic carbocycles. The van der Waals surface area contributed by atoms with Crippen LogP contribution in [0.2, 0.25) is 0 Å². The van der Waals surface area contributed by atoms with Gasteiger partial charge in [-0.1, -0.05) is 18.5 Å². The zero-order valence-corrected chi connectivity index (χ0v) is 5.55. The van der Waals surface area contributed by atoms with Crippen molar-refractivity contribution in [2.45, 2.75) is 18.6 Å². The van der Waals surface area contributed by atoms with Gasteiger partial charge in [-0.15, -0.1) is 0 Å². The smallest absolute Gasteiger partial charge is 0.255 e. The van der Waals surface area contributed by atoms with Crippen LogP contribution in [-0.4, -0.2) is 18.2 Å². The van der Waals surface area contributed by atoms with Gasteiger partial charge in [-0.25, -0.2) is 4.39 Å². The molecular formula is C4H7ClF3N. The summed E-state index contributed by atoms with van der Waals surface area (Å²) >= 11 is 4.47. The molecule has 0 aromatic heterocycles. The molecule has 0 aliphatic carbocycles. The molecule has 0 aliphatic rings. The van der Waals surface area contributed by atoms with E-state index in [0.717, 1.165) is 0 Å². The lowest BCUT2D eigenvalue weighted by atomic mass is 10.5. The fourth-order valence-electron chi connectivity index (χ4n) is 0.313. The second-order valence-electron chi connectivity index (χ2n) is 1.45. The Balaban J connectivity index is 3.70. The van der Waals surface area contributed by atoms with Crippen molar-refractivity contribution >= 4 is 11.6 Å². The van der Waals surface area contributed by atoms with Gasteiger partial charge in [0.15, 0.2) is 0 Å². The van der Waals surface area contributed by atoms with E-state index >= 15 is 0 Å². The Kier molecular flexibility index (Phi) is 3.28. The van der Waals surface area contributed by atoms with E-state index in [1.54, 1.807) is 5.32 Å². The summed E-state index contributed by atoms with van der Waals surface area (Å²) in [6.45, 7) is 1.42. The zero-order valence-electron chi connectivity index (χ0n) is 4.80. The Morgan fingerprint density at radius 3 is 2.22 bits per heavy atom. The van der Waals surface area contributed by atoms with Gasteiger partial charge in [-0.05, 0) is 6.54 Å². The molecule has 0 saturated carbocycles. The fraction of sp³-hybridized carbons (Fsp3) is 1.00. The summed E-state index contributed by atoms with van der Waals surface area (Å²) in [4.78, 5) is 0. The first-order valence-corrected chi connectivity index (χ1v) is 2.85. The van der Waals surface area contributed by atoms with Crippen LogP contribution >= 0.6 is 11.6 Å². The zero-order chi connectivity index (χ0) is 7.49. The minimum Gasteiger partial charge on any atom is -0.255 e. The molecule has 0 saturated heterocycles. The summed E-state index contributed by atoms with van der Waals surface area (Å²) in [5.74, 6) is 0. The molecule has 1 unspecified atom stereocenters. The van der Waals surface area contributed by atoms with Crippen molar-refractivity contribution in [1.82, 2.24) is 5.32 Å². The molecule has 1 nitrogen and oxygen atoms in total. The topological polar surface area (TPSA) is 12.0 Å². The van der Waals surface area contributed by atoms with E-state index in [2.05, 4.69) is 11.6 Å². The monoisotopic (exact) mass is 161 g/mol. The molecule has 0 heterocycles. The lowest BCUT2D eigenvalue weighted by Gasteiger charge is -2.15. The van der Waals surface area contributed by atoms with Crippen LogP contribution in [0.25, 0.3) is 0 Å². The van der Waals surface area contributed by atoms with E-state index in [4.69, 9.17) is 0 Å². The lowest BCUT2D eigenvalue weighted by Crippen LogP contribution is -2.42. The second kappa shape index (κ2) is 3.27. The molecular weight excluding hydrogens is 154 g/mol. The molecule has 9 heavy (non-hydrogen) atoms. The highest BCUT2D eigenvalue weighted by molar-refractivity contribution is 6.20. The molecule has 0 bridgehead atoms. The van der Waals surface area contributed by atoms with Crippen molar-refractivity contribution in [3.63, 3.8) is 0 Å². The van der Waals surface area contributed by atoms with Gasteiger partial charge in [-0.2, -0.15) is 8.78 Å². The maximum atomic E-state index is 11.9. The molecule has 0 fully saturated rings. The van der Waals surface area contributed by atoms with E-state index in [9.17, 15) is 13.2 Å². The standard InChI is InChI=1S/C4H7ClF3N/c1-2-9-4(7,8)3(5)6/h3,9H,2H2,1H3. The molecule has 0 spiro atoms. The predicted octanol–water partition coefficient (Wildman–Crippen LogP) is 1.72.